The summed E-state index contributed by atoms with van der Waals surface area (Å²) in [6.07, 6.45) is 22.4. The molecule has 0 saturated carbocycles. The first-order valence-corrected chi connectivity index (χ1v) is 62.9. The van der Waals surface area contributed by atoms with E-state index in [0.29, 0.717) is 49.9 Å². The molecular formula is C105H124Br5F2I9N6O15S+2. The van der Waals surface area contributed by atoms with Crippen LogP contribution in [-0.2, 0) is 71.4 Å². The summed E-state index contributed by atoms with van der Waals surface area (Å²) in [7, 11) is -3.93. The Bertz CT molecular complexity index is 6230. The van der Waals surface area contributed by atoms with E-state index in [0.717, 1.165) is 192 Å². The smallest absolute Gasteiger partial charge is 0.303 e. The lowest BCUT2D eigenvalue weighted by Gasteiger charge is -2.28. The molecule has 5 atom stereocenters. The summed E-state index contributed by atoms with van der Waals surface area (Å²) in [4.78, 5) is 82.5. The van der Waals surface area contributed by atoms with Crippen LogP contribution >= 0.6 is 283 Å². The molecule has 0 aromatic heterocycles. The number of unbranched alkanes of at least 4 members (excludes halogenated alkanes) is 13. The third kappa shape index (κ3) is 32.3. The Morgan fingerprint density at radius 3 is 1.10 bits per heavy atom. The van der Waals surface area contributed by atoms with Gasteiger partial charge in [-0.25, -0.2) is 8.78 Å². The predicted molar refractivity (Wildman–Crippen MR) is 666 cm³/mol. The van der Waals surface area contributed by atoms with Crippen LogP contribution in [0.1, 0.15) is 322 Å². The van der Waals surface area contributed by atoms with Gasteiger partial charge in [-0.2, -0.15) is 17.6 Å². The number of aliphatic carboxylic acids is 6. The van der Waals surface area contributed by atoms with Gasteiger partial charge in [0.25, 0.3) is 10.1 Å². The Hall–Kier alpha value is -1.62. The molecule has 0 radical (unpaired) electrons. The van der Waals surface area contributed by atoms with Crippen LogP contribution in [0.2, 0.25) is 0 Å². The monoisotopic (exact) mass is 3320 g/mol. The summed E-state index contributed by atoms with van der Waals surface area (Å²) in [5.41, 5.74) is 19.0. The maximum absolute atomic E-state index is 14.5. The lowest BCUT2D eigenvalue weighted by atomic mass is 9.75. The lowest BCUT2D eigenvalue weighted by Crippen LogP contribution is -2.31. The van der Waals surface area contributed by atoms with Crippen LogP contribution in [0, 0.1) is 43.8 Å². The highest BCUT2D eigenvalue weighted by atomic mass is 127. The molecule has 21 nitrogen and oxygen atoms in total. The molecule has 0 saturated heterocycles. The number of carboxylic acid groups (broad SMARTS) is 6. The second kappa shape index (κ2) is 56.2. The van der Waals surface area contributed by atoms with Crippen molar-refractivity contribution in [1.29, 1.82) is 0 Å². The molecule has 143 heavy (non-hydrogen) atoms. The highest BCUT2D eigenvalue weighted by molar-refractivity contribution is 14.1. The molecular weight excluding hydrogens is 3200 g/mol. The maximum Gasteiger partial charge on any atom is 0.303 e. The first-order valence-electron chi connectivity index (χ1n) is 47.6. The largest absolute Gasteiger partial charge is 0.481 e. The fraction of sp³-hybridized carbons (Fsp3) is 0.505. The van der Waals surface area contributed by atoms with Gasteiger partial charge in [0.05, 0.1) is 54.0 Å². The van der Waals surface area contributed by atoms with Gasteiger partial charge in [0, 0.05) is 196 Å². The lowest BCUT2D eigenvalue weighted by molar-refractivity contribution is -0.440. The summed E-state index contributed by atoms with van der Waals surface area (Å²) >= 11 is 39.0. The number of aliphatic imine (C=N–C) groups is 4. The molecule has 0 amide bonds. The molecule has 0 aliphatic carbocycles. The predicted octanol–water partition coefficient (Wildman–Crippen LogP) is 34.5. The summed E-state index contributed by atoms with van der Waals surface area (Å²) in [5, 5.41) is 55.3. The summed E-state index contributed by atoms with van der Waals surface area (Å²) in [6.45, 7) is 29.6. The fourth-order valence-corrected chi connectivity index (χ4v) is 31.5. The summed E-state index contributed by atoms with van der Waals surface area (Å²) < 4.78 is 79.3. The second-order valence-electron chi connectivity index (χ2n) is 38.8. The van der Waals surface area contributed by atoms with Crippen LogP contribution in [0.25, 0.3) is 10.8 Å². The van der Waals surface area contributed by atoms with Crippen LogP contribution in [0.4, 0.5) is 42.9 Å². The molecule has 7 N–H and O–H groups in total. The van der Waals surface area contributed by atoms with Gasteiger partial charge >= 0.3 is 35.8 Å². The molecule has 780 valence electrons. The Morgan fingerprint density at radius 1 is 0.350 bits per heavy atom. The van der Waals surface area contributed by atoms with Gasteiger partial charge in [-0.05, 0) is 429 Å². The van der Waals surface area contributed by atoms with E-state index in [1.807, 2.05) is 19.9 Å². The topological polar surface area (TPSA) is 334 Å². The molecule has 7 aromatic carbocycles. The molecule has 38 heteroatoms. The molecule has 13 rings (SSSR count). The minimum Gasteiger partial charge on any atom is -0.481 e. The quantitative estimate of drug-likeness (QED) is 0.00616. The Morgan fingerprint density at radius 2 is 0.706 bits per heavy atom. The Kier molecular flexibility index (Phi) is 49.7. The molecule has 0 spiro atoms. The number of carbonyl (C=O) groups is 6. The maximum atomic E-state index is 14.5. The zero-order chi connectivity index (χ0) is 107. The van der Waals surface area contributed by atoms with E-state index in [2.05, 4.69) is 399 Å². The number of benzene rings is 7. The van der Waals surface area contributed by atoms with E-state index in [1.54, 1.807) is 22.6 Å². The third-order valence-electron chi connectivity index (χ3n) is 28.6. The number of carboxylic acids is 6. The summed E-state index contributed by atoms with van der Waals surface area (Å²) in [5.74, 6) is -5.74. The first kappa shape index (κ1) is 127. The minimum atomic E-state index is -3.93. The van der Waals surface area contributed by atoms with Crippen LogP contribution in [0.5, 0.6) is 0 Å². The number of halogens is 16. The Labute approximate surface area is 1000 Å². The van der Waals surface area contributed by atoms with E-state index < -0.39 is 63.0 Å². The van der Waals surface area contributed by atoms with Crippen LogP contribution < -0.4 is 0 Å². The van der Waals surface area contributed by atoms with Crippen molar-refractivity contribution in [1.82, 2.24) is 0 Å². The molecule has 6 aliphatic rings. The highest BCUT2D eigenvalue weighted by Gasteiger charge is 2.51. The number of fused-ring (bicyclic) bond motifs is 8. The molecule has 6 aliphatic heterocycles. The average molecular weight is 3320 g/mol. The van der Waals surface area contributed by atoms with Crippen molar-refractivity contribution in [3.8, 4) is 0 Å². The van der Waals surface area contributed by atoms with Crippen molar-refractivity contribution in [2.24, 2.45) is 20.0 Å². The van der Waals surface area contributed by atoms with Gasteiger partial charge in [-0.3, -0.25) is 53.3 Å². The van der Waals surface area contributed by atoms with Crippen molar-refractivity contribution in [2.45, 2.75) is 322 Å². The van der Waals surface area contributed by atoms with Crippen molar-refractivity contribution < 1.29 is 90.3 Å². The van der Waals surface area contributed by atoms with E-state index in [-0.39, 0.29) is 74.9 Å². The van der Waals surface area contributed by atoms with Crippen LogP contribution in [0.3, 0.4) is 0 Å². The first-order chi connectivity index (χ1) is 66.8. The van der Waals surface area contributed by atoms with Crippen molar-refractivity contribution in [3.05, 3.63) is 160 Å². The minimum absolute atomic E-state index is 0.00153. The van der Waals surface area contributed by atoms with Gasteiger partial charge in [0.15, 0.2) is 11.4 Å². The highest BCUT2D eigenvalue weighted by Crippen LogP contribution is 2.56. The van der Waals surface area contributed by atoms with Crippen molar-refractivity contribution in [2.75, 3.05) is 18.8 Å². The SMILES string of the molecule is CC1=Nc2cc(Br)c(Br)c(Br)c2C1(C)CCCCCC(=O)O.CC1=Nc2cc(Br)cc(Br)c2C1(C)CCCCCC(=O)O.CC1=Nc2cc(F)c(I)c(F)c2C1(C)CCCCCC(=O)O.CC1=Nc2ccc3c(I)cc(I)cc3c2C1(C)C.CC1=[N+](CCCCCC(=O)O)c2cc(I)c(I)c(I)c2C1(C)CCCCCC(=O)O.CC1=[N+](CCCCS(=O)(=O)O)c2cc(I)c(I)c(I)c2C1(C)CCCCCC(=O)O. The fourth-order valence-electron chi connectivity index (χ4n) is 19.6. The van der Waals surface area contributed by atoms with Crippen molar-refractivity contribution in [3.63, 3.8) is 0 Å². The van der Waals surface area contributed by atoms with Crippen LogP contribution in [0.15, 0.2) is 103 Å². The standard InChI is InChI=1S/C22H28I3NO4.C20H26I3NO5S.C16H18Br3NO2.C16H19Br2NO2.C16H18F2INO2.C15H13I2N/c1-14-22(2,11-7-3-5-9-17(27)28)19-16(13-15(23)20(24)21(19)25)26(14)12-8-4-6-10-18(29)30;1-13-20(2,9-5-3-4-8-16(25)26)17-15(12-14(21)18(22)19(17)23)24(13)10-6-7-11-30(27,28)29;1-9-16(2,7-5-3-4-6-12(21)22)13-11(20-9)8-10(17)14(18)15(13)19;1-10-16(2,7-5-3-4-6-14(20)21)15-12(18)8-11(17)9-13(15)19-10;1-9-16(2,7-5-3-4-6-12(21)22)13-11(20-9)8-10(17)15(19)14(13)18;1-8-15(2,3)14-11-6-9(16)7-12(17)10(11)4-5-13(14)18-8/h13H,3-12H2,1-2H3,(H-,27,28,29,30);12H,3-11H2,1-2H3,(H-,25,26,27,28,29);8H,3-7H2,1-2H3,(H,21,22);8-9H,3-7H2,1-2H3,(H,20,21);8H,3-7H2,1-2H3,(H,21,22);4-7H,1-3H3/p+2. The second-order valence-corrected chi connectivity index (χ2v) is 54.7. The average Bonchev–Trinajstić information content (AvgIpc) is 1.54. The van der Waals surface area contributed by atoms with Gasteiger partial charge < -0.3 is 30.6 Å². The molecule has 7 aromatic rings. The molecule has 0 bridgehead atoms. The molecule has 0 fully saturated rings. The normalized spacial score (nSPS) is 19.0. The Balaban J connectivity index is 0.000000212. The molecule has 6 heterocycles. The number of nitrogens with zero attached hydrogens (tertiary/aromatic N) is 6. The van der Waals surface area contributed by atoms with E-state index in [9.17, 15) is 46.0 Å². The number of hydrogen-bond donors (Lipinski definition) is 7. The molecule has 5 unspecified atom stereocenters. The van der Waals surface area contributed by atoms with Gasteiger partial charge in [0.1, 0.15) is 24.7 Å². The zero-order valence-corrected chi connectivity index (χ0v) is 111. The van der Waals surface area contributed by atoms with Gasteiger partial charge in [-0.1, -0.05) is 137 Å². The van der Waals surface area contributed by atoms with E-state index >= 15 is 0 Å². The van der Waals surface area contributed by atoms with Gasteiger partial charge in [0.2, 0.25) is 11.4 Å². The number of rotatable bonds is 41. The zero-order valence-electron chi connectivity index (χ0n) is 82.4. The van der Waals surface area contributed by atoms with E-state index in [4.69, 9.17) is 50.2 Å². The third-order valence-corrected chi connectivity index (χ3v) is 46.5. The van der Waals surface area contributed by atoms with Crippen molar-refractivity contribution >= 4 is 408 Å². The van der Waals surface area contributed by atoms with Crippen LogP contribution in [-0.4, -0.2) is 142 Å². The summed E-state index contributed by atoms with van der Waals surface area (Å²) in [6, 6.07) is 20.8. The number of hydrogen-bond acceptors (Lipinski definition) is 12. The van der Waals surface area contributed by atoms with Gasteiger partial charge in [-0.15, -0.1) is 0 Å². The van der Waals surface area contributed by atoms with E-state index in [1.165, 1.54) is 102 Å².